The van der Waals surface area contributed by atoms with Gasteiger partial charge in [-0.2, -0.15) is 0 Å². The molecule has 1 rings (SSSR count). The van der Waals surface area contributed by atoms with Gasteiger partial charge in [0.1, 0.15) is 0 Å². The Morgan fingerprint density at radius 2 is 2.00 bits per heavy atom. The van der Waals surface area contributed by atoms with Crippen molar-refractivity contribution >= 4 is 43.2 Å². The molecule has 4 heteroatoms. The molecule has 14 heavy (non-hydrogen) atoms. The van der Waals surface area contributed by atoms with Crippen molar-refractivity contribution in [3.8, 4) is 0 Å². The monoisotopic (exact) mass is 339 g/mol. The lowest BCUT2D eigenvalue weighted by atomic mass is 9.86. The molecule has 0 saturated heterocycles. The average Bonchev–Trinajstić information content (AvgIpc) is 2.26. The van der Waals surface area contributed by atoms with E-state index in [0.717, 1.165) is 14.0 Å². The molecular formula is C10H15Br2NS. The summed E-state index contributed by atoms with van der Waals surface area (Å²) in [6.07, 6.45) is 0.995. The van der Waals surface area contributed by atoms with Gasteiger partial charge in [0.05, 0.1) is 7.57 Å². The molecule has 0 aromatic carbocycles. The third-order valence-corrected chi connectivity index (χ3v) is 4.30. The highest BCUT2D eigenvalue weighted by Gasteiger charge is 2.20. The lowest BCUT2D eigenvalue weighted by Crippen LogP contribution is -2.18. The van der Waals surface area contributed by atoms with Gasteiger partial charge in [0.15, 0.2) is 0 Å². The Balaban J connectivity index is 2.79. The molecule has 0 bridgehead atoms. The Bertz CT molecular complexity index is 314. The van der Waals surface area contributed by atoms with Gasteiger partial charge in [0.2, 0.25) is 0 Å². The van der Waals surface area contributed by atoms with Crippen molar-refractivity contribution in [2.45, 2.75) is 33.2 Å². The van der Waals surface area contributed by atoms with Crippen molar-refractivity contribution in [1.29, 1.82) is 0 Å². The zero-order valence-electron chi connectivity index (χ0n) is 8.60. The van der Waals surface area contributed by atoms with E-state index in [0.29, 0.717) is 0 Å². The highest BCUT2D eigenvalue weighted by Crippen LogP contribution is 2.38. The van der Waals surface area contributed by atoms with Crippen molar-refractivity contribution in [1.82, 2.24) is 0 Å². The number of thiophene rings is 1. The smallest absolute Gasteiger partial charge is 0.0758 e. The molecule has 1 nitrogen and oxygen atoms in total. The van der Waals surface area contributed by atoms with Crippen LogP contribution in [0, 0.1) is 5.41 Å². The van der Waals surface area contributed by atoms with Crippen molar-refractivity contribution in [2.24, 2.45) is 11.1 Å². The van der Waals surface area contributed by atoms with Crippen LogP contribution in [0.1, 0.15) is 38.8 Å². The molecule has 1 unspecified atom stereocenters. The first-order valence-corrected chi connectivity index (χ1v) is 6.90. The molecule has 0 radical (unpaired) electrons. The summed E-state index contributed by atoms with van der Waals surface area (Å²) in [6, 6.07) is 2.22. The van der Waals surface area contributed by atoms with Crippen molar-refractivity contribution in [3.63, 3.8) is 0 Å². The number of nitrogens with two attached hydrogens (primary N) is 1. The molecule has 1 heterocycles. The quantitative estimate of drug-likeness (QED) is 0.828. The summed E-state index contributed by atoms with van der Waals surface area (Å²) in [4.78, 5) is 0. The summed E-state index contributed by atoms with van der Waals surface area (Å²) in [5.41, 5.74) is 7.63. The topological polar surface area (TPSA) is 26.0 Å². The van der Waals surface area contributed by atoms with Crippen LogP contribution in [0.4, 0.5) is 0 Å². The van der Waals surface area contributed by atoms with E-state index in [4.69, 9.17) is 5.73 Å². The Morgan fingerprint density at radius 3 is 2.36 bits per heavy atom. The summed E-state index contributed by atoms with van der Waals surface area (Å²) in [5.74, 6) is 0. The Hall–Kier alpha value is 0.620. The highest BCUT2D eigenvalue weighted by atomic mass is 79.9. The maximum Gasteiger partial charge on any atom is 0.0758 e. The lowest BCUT2D eigenvalue weighted by molar-refractivity contribution is 0.342. The van der Waals surface area contributed by atoms with Crippen molar-refractivity contribution in [3.05, 3.63) is 19.2 Å². The van der Waals surface area contributed by atoms with Crippen molar-refractivity contribution in [2.75, 3.05) is 0 Å². The highest BCUT2D eigenvalue weighted by molar-refractivity contribution is 9.12. The van der Waals surface area contributed by atoms with Crippen LogP contribution in [0.25, 0.3) is 0 Å². The van der Waals surface area contributed by atoms with Crippen LogP contribution in [-0.2, 0) is 0 Å². The maximum atomic E-state index is 6.15. The van der Waals surface area contributed by atoms with Crippen LogP contribution in [0.3, 0.4) is 0 Å². The number of hydrogen-bond acceptors (Lipinski definition) is 2. The van der Waals surface area contributed by atoms with Gasteiger partial charge in [0.25, 0.3) is 0 Å². The third kappa shape index (κ3) is 3.65. The number of rotatable bonds is 2. The van der Waals surface area contributed by atoms with Gasteiger partial charge in [-0.25, -0.2) is 0 Å². The first-order chi connectivity index (χ1) is 6.29. The fourth-order valence-corrected chi connectivity index (χ4v) is 4.38. The SMILES string of the molecule is CC(C)(C)CC(N)c1cc(Br)sc1Br. The molecule has 0 saturated carbocycles. The molecule has 2 N–H and O–H groups in total. The van der Waals surface area contributed by atoms with Gasteiger partial charge >= 0.3 is 0 Å². The second kappa shape index (κ2) is 4.64. The van der Waals surface area contributed by atoms with Gasteiger partial charge in [-0.15, -0.1) is 11.3 Å². The first kappa shape index (κ1) is 12.7. The largest absolute Gasteiger partial charge is 0.324 e. The summed E-state index contributed by atoms with van der Waals surface area (Å²) in [7, 11) is 0. The molecule has 0 aliphatic rings. The van der Waals surface area contributed by atoms with E-state index in [2.05, 4.69) is 58.7 Å². The minimum absolute atomic E-state index is 0.118. The summed E-state index contributed by atoms with van der Waals surface area (Å²) in [6.45, 7) is 6.63. The minimum atomic E-state index is 0.118. The van der Waals surface area contributed by atoms with Gasteiger partial charge in [-0.1, -0.05) is 20.8 Å². The number of halogens is 2. The Kier molecular flexibility index (Phi) is 4.21. The normalized spacial score (nSPS) is 14.4. The van der Waals surface area contributed by atoms with Crippen LogP contribution >= 0.6 is 43.2 Å². The number of hydrogen-bond donors (Lipinski definition) is 1. The maximum absolute atomic E-state index is 6.15. The van der Waals surface area contributed by atoms with E-state index in [-0.39, 0.29) is 11.5 Å². The summed E-state index contributed by atoms with van der Waals surface area (Å²) in [5, 5.41) is 0. The fraction of sp³-hybridized carbons (Fsp3) is 0.600. The van der Waals surface area contributed by atoms with Gasteiger partial charge in [0, 0.05) is 6.04 Å². The molecule has 0 amide bonds. The zero-order chi connectivity index (χ0) is 10.9. The fourth-order valence-electron chi connectivity index (χ4n) is 1.38. The van der Waals surface area contributed by atoms with Gasteiger partial charge in [-0.3, -0.25) is 0 Å². The molecule has 0 spiro atoms. The Labute approximate surface area is 106 Å². The van der Waals surface area contributed by atoms with E-state index < -0.39 is 0 Å². The second-order valence-corrected chi connectivity index (χ2v) is 8.40. The molecule has 1 atom stereocenters. The molecule has 0 aliphatic carbocycles. The Morgan fingerprint density at radius 1 is 1.43 bits per heavy atom. The average molecular weight is 341 g/mol. The first-order valence-electron chi connectivity index (χ1n) is 4.50. The molecule has 80 valence electrons. The predicted molar refractivity (Wildman–Crippen MR) is 70.7 cm³/mol. The van der Waals surface area contributed by atoms with Crippen molar-refractivity contribution < 1.29 is 0 Å². The van der Waals surface area contributed by atoms with E-state index in [1.54, 1.807) is 11.3 Å². The minimum Gasteiger partial charge on any atom is -0.324 e. The van der Waals surface area contributed by atoms with Crippen LogP contribution in [-0.4, -0.2) is 0 Å². The van der Waals surface area contributed by atoms with Crippen LogP contribution in [0.15, 0.2) is 13.6 Å². The van der Waals surface area contributed by atoms with Crippen LogP contribution < -0.4 is 5.73 Å². The molecule has 0 fully saturated rings. The van der Waals surface area contributed by atoms with Gasteiger partial charge in [-0.05, 0) is 55.3 Å². The molecule has 1 aromatic heterocycles. The molecule has 1 aromatic rings. The van der Waals surface area contributed by atoms with E-state index in [1.165, 1.54) is 5.56 Å². The van der Waals surface area contributed by atoms with E-state index in [1.807, 2.05) is 0 Å². The zero-order valence-corrected chi connectivity index (χ0v) is 12.6. The van der Waals surface area contributed by atoms with Gasteiger partial charge < -0.3 is 5.73 Å². The second-order valence-electron chi connectivity index (χ2n) is 4.65. The van der Waals surface area contributed by atoms with Crippen LogP contribution in [0.5, 0.6) is 0 Å². The van der Waals surface area contributed by atoms with E-state index in [9.17, 15) is 0 Å². The third-order valence-electron chi connectivity index (χ3n) is 1.91. The molecular weight excluding hydrogens is 326 g/mol. The molecule has 0 aliphatic heterocycles. The summed E-state index contributed by atoms with van der Waals surface area (Å²) >= 11 is 8.67. The van der Waals surface area contributed by atoms with Crippen LogP contribution in [0.2, 0.25) is 0 Å². The predicted octanol–water partition coefficient (Wildman–Crippen LogP) is 4.71. The van der Waals surface area contributed by atoms with E-state index >= 15 is 0 Å². The summed E-state index contributed by atoms with van der Waals surface area (Å²) < 4.78 is 2.27. The lowest BCUT2D eigenvalue weighted by Gasteiger charge is -2.22. The standard InChI is InChI=1S/C10H15Br2NS/c1-10(2,3)5-7(13)6-4-8(11)14-9(6)12/h4,7H,5,13H2,1-3H3.